The molecule has 2 rings (SSSR count). The number of hydrogen-bond donors (Lipinski definition) is 1. The van der Waals surface area contributed by atoms with E-state index in [0.717, 1.165) is 0 Å². The molecule has 84 valence electrons. The van der Waals surface area contributed by atoms with Crippen LogP contribution in [0.3, 0.4) is 0 Å². The van der Waals surface area contributed by atoms with Crippen LogP contribution in [0.25, 0.3) is 0 Å². The first kappa shape index (κ1) is 11.0. The SMILES string of the molecule is CC(NC1CCCN(C)C1)c1cncs1. The number of likely N-dealkylation sites (tertiary alicyclic amines) is 1. The van der Waals surface area contributed by atoms with Crippen molar-refractivity contribution in [1.29, 1.82) is 0 Å². The van der Waals surface area contributed by atoms with Gasteiger partial charge in [0.1, 0.15) is 0 Å². The first-order chi connectivity index (χ1) is 7.25. The second kappa shape index (κ2) is 5.05. The summed E-state index contributed by atoms with van der Waals surface area (Å²) in [5.41, 5.74) is 1.90. The molecule has 1 saturated heterocycles. The first-order valence-corrected chi connectivity index (χ1v) is 6.46. The molecule has 0 saturated carbocycles. The van der Waals surface area contributed by atoms with E-state index in [-0.39, 0.29) is 0 Å². The maximum absolute atomic E-state index is 4.12. The van der Waals surface area contributed by atoms with Crippen LogP contribution in [0.15, 0.2) is 11.7 Å². The van der Waals surface area contributed by atoms with E-state index in [0.29, 0.717) is 12.1 Å². The molecule has 1 fully saturated rings. The summed E-state index contributed by atoms with van der Waals surface area (Å²) in [5, 5.41) is 3.68. The summed E-state index contributed by atoms with van der Waals surface area (Å²) in [7, 11) is 2.20. The minimum absolute atomic E-state index is 0.439. The summed E-state index contributed by atoms with van der Waals surface area (Å²) in [6.07, 6.45) is 4.58. The topological polar surface area (TPSA) is 28.2 Å². The van der Waals surface area contributed by atoms with E-state index in [1.807, 2.05) is 11.7 Å². The average Bonchev–Trinajstić information content (AvgIpc) is 2.70. The number of rotatable bonds is 3. The zero-order valence-corrected chi connectivity index (χ0v) is 10.3. The molecule has 1 aliphatic rings. The average molecular weight is 225 g/mol. The Morgan fingerprint density at radius 2 is 2.53 bits per heavy atom. The third kappa shape index (κ3) is 3.00. The molecule has 4 heteroatoms. The van der Waals surface area contributed by atoms with Crippen molar-refractivity contribution in [3.63, 3.8) is 0 Å². The van der Waals surface area contributed by atoms with Gasteiger partial charge in [0.15, 0.2) is 0 Å². The number of piperidine rings is 1. The van der Waals surface area contributed by atoms with Crippen LogP contribution in [0.1, 0.15) is 30.7 Å². The molecule has 2 atom stereocenters. The van der Waals surface area contributed by atoms with Crippen LogP contribution in [-0.4, -0.2) is 36.1 Å². The zero-order valence-electron chi connectivity index (χ0n) is 9.44. The van der Waals surface area contributed by atoms with Gasteiger partial charge in [0.2, 0.25) is 0 Å². The van der Waals surface area contributed by atoms with Crippen LogP contribution < -0.4 is 5.32 Å². The molecule has 0 bridgehead atoms. The van der Waals surface area contributed by atoms with E-state index in [1.54, 1.807) is 11.3 Å². The van der Waals surface area contributed by atoms with E-state index in [4.69, 9.17) is 0 Å². The smallest absolute Gasteiger partial charge is 0.0794 e. The lowest BCUT2D eigenvalue weighted by Gasteiger charge is -2.32. The quantitative estimate of drug-likeness (QED) is 0.851. The lowest BCUT2D eigenvalue weighted by Crippen LogP contribution is -2.44. The van der Waals surface area contributed by atoms with Crippen LogP contribution >= 0.6 is 11.3 Å². The molecule has 15 heavy (non-hydrogen) atoms. The molecule has 0 aliphatic carbocycles. The van der Waals surface area contributed by atoms with Gasteiger partial charge in [0.05, 0.1) is 5.51 Å². The maximum Gasteiger partial charge on any atom is 0.0794 e. The third-order valence-corrected chi connectivity index (χ3v) is 3.95. The molecule has 0 radical (unpaired) electrons. The second-order valence-electron chi connectivity index (χ2n) is 4.39. The second-order valence-corrected chi connectivity index (χ2v) is 5.31. The number of aromatic nitrogens is 1. The molecule has 3 nitrogen and oxygen atoms in total. The van der Waals surface area contributed by atoms with Crippen molar-refractivity contribution in [3.05, 3.63) is 16.6 Å². The van der Waals surface area contributed by atoms with Gasteiger partial charge in [0, 0.05) is 29.7 Å². The standard InChI is InChI=1S/C11H19N3S/c1-9(11-6-12-8-15-11)13-10-4-3-5-14(2)7-10/h6,8-10,13H,3-5,7H2,1-2H3. The van der Waals surface area contributed by atoms with Crippen molar-refractivity contribution in [2.24, 2.45) is 0 Å². The highest BCUT2D eigenvalue weighted by Crippen LogP contribution is 2.19. The van der Waals surface area contributed by atoms with Crippen LogP contribution in [0, 0.1) is 0 Å². The number of thiazole rings is 1. The van der Waals surface area contributed by atoms with Crippen molar-refractivity contribution >= 4 is 11.3 Å². The Morgan fingerprint density at radius 1 is 1.67 bits per heavy atom. The summed E-state index contributed by atoms with van der Waals surface area (Å²) >= 11 is 1.73. The van der Waals surface area contributed by atoms with Crippen molar-refractivity contribution in [2.45, 2.75) is 31.8 Å². The Kier molecular flexibility index (Phi) is 3.72. The molecule has 1 N–H and O–H groups in total. The zero-order chi connectivity index (χ0) is 10.7. The highest BCUT2D eigenvalue weighted by Gasteiger charge is 2.19. The number of hydrogen-bond acceptors (Lipinski definition) is 4. The lowest BCUT2D eigenvalue weighted by molar-refractivity contribution is 0.219. The van der Waals surface area contributed by atoms with Gasteiger partial charge in [-0.2, -0.15) is 0 Å². The molecule has 1 aliphatic heterocycles. The van der Waals surface area contributed by atoms with Gasteiger partial charge in [-0.1, -0.05) is 0 Å². The van der Waals surface area contributed by atoms with Gasteiger partial charge in [-0.3, -0.25) is 4.98 Å². The minimum Gasteiger partial charge on any atom is -0.305 e. The number of nitrogens with one attached hydrogen (secondary N) is 1. The molecule has 1 aromatic rings. The monoisotopic (exact) mass is 225 g/mol. The first-order valence-electron chi connectivity index (χ1n) is 5.58. The highest BCUT2D eigenvalue weighted by molar-refractivity contribution is 7.09. The minimum atomic E-state index is 0.439. The summed E-state index contributed by atoms with van der Waals surface area (Å²) < 4.78 is 0. The van der Waals surface area contributed by atoms with Gasteiger partial charge in [-0.15, -0.1) is 11.3 Å². The Labute approximate surface area is 95.5 Å². The Bertz CT molecular complexity index is 286. The van der Waals surface area contributed by atoms with Crippen LogP contribution in [0.5, 0.6) is 0 Å². The van der Waals surface area contributed by atoms with Gasteiger partial charge in [0.25, 0.3) is 0 Å². The third-order valence-electron chi connectivity index (χ3n) is 2.99. The van der Waals surface area contributed by atoms with Crippen molar-refractivity contribution < 1.29 is 0 Å². The fraction of sp³-hybridized carbons (Fsp3) is 0.727. The maximum atomic E-state index is 4.12. The lowest BCUT2D eigenvalue weighted by atomic mass is 10.1. The Balaban J connectivity index is 1.86. The van der Waals surface area contributed by atoms with Crippen molar-refractivity contribution in [3.8, 4) is 0 Å². The molecular weight excluding hydrogens is 206 g/mol. The van der Waals surface area contributed by atoms with E-state index in [9.17, 15) is 0 Å². The predicted octanol–water partition coefficient (Wildman–Crippen LogP) is 1.89. The van der Waals surface area contributed by atoms with Crippen LogP contribution in [0.2, 0.25) is 0 Å². The largest absolute Gasteiger partial charge is 0.305 e. The normalized spacial score (nSPS) is 25.3. The summed E-state index contributed by atoms with van der Waals surface area (Å²) in [4.78, 5) is 7.86. The summed E-state index contributed by atoms with van der Waals surface area (Å²) in [5.74, 6) is 0. The fourth-order valence-electron chi connectivity index (χ4n) is 2.18. The van der Waals surface area contributed by atoms with Gasteiger partial charge in [-0.25, -0.2) is 0 Å². The Morgan fingerprint density at radius 3 is 3.20 bits per heavy atom. The fourth-order valence-corrected chi connectivity index (χ4v) is 2.81. The molecule has 2 heterocycles. The highest BCUT2D eigenvalue weighted by atomic mass is 32.1. The van der Waals surface area contributed by atoms with Crippen molar-refractivity contribution in [2.75, 3.05) is 20.1 Å². The molecule has 0 spiro atoms. The van der Waals surface area contributed by atoms with Crippen LogP contribution in [0.4, 0.5) is 0 Å². The molecule has 0 aromatic carbocycles. The van der Waals surface area contributed by atoms with Gasteiger partial charge < -0.3 is 10.2 Å². The molecule has 2 unspecified atom stereocenters. The number of likely N-dealkylation sites (N-methyl/N-ethyl adjacent to an activating group) is 1. The molecule has 0 amide bonds. The Hall–Kier alpha value is -0.450. The van der Waals surface area contributed by atoms with Crippen LogP contribution in [-0.2, 0) is 0 Å². The van der Waals surface area contributed by atoms with E-state index < -0.39 is 0 Å². The molecular formula is C11H19N3S. The van der Waals surface area contributed by atoms with Gasteiger partial charge >= 0.3 is 0 Å². The molecule has 1 aromatic heterocycles. The van der Waals surface area contributed by atoms with E-state index >= 15 is 0 Å². The summed E-state index contributed by atoms with van der Waals surface area (Å²) in [6.45, 7) is 4.64. The van der Waals surface area contributed by atoms with Gasteiger partial charge in [-0.05, 0) is 33.4 Å². The van der Waals surface area contributed by atoms with E-state index in [2.05, 4.69) is 29.2 Å². The van der Waals surface area contributed by atoms with Crippen molar-refractivity contribution in [1.82, 2.24) is 15.2 Å². The summed E-state index contributed by atoms with van der Waals surface area (Å²) in [6, 6.07) is 1.08. The number of nitrogens with zero attached hydrogens (tertiary/aromatic N) is 2. The van der Waals surface area contributed by atoms with E-state index in [1.165, 1.54) is 30.8 Å². The predicted molar refractivity (Wildman–Crippen MR) is 64.2 cm³/mol.